The van der Waals surface area contributed by atoms with Crippen molar-refractivity contribution in [2.24, 2.45) is 11.3 Å². The van der Waals surface area contributed by atoms with Crippen LogP contribution in [-0.4, -0.2) is 23.6 Å². The van der Waals surface area contributed by atoms with Gasteiger partial charge in [0, 0.05) is 38.9 Å². The van der Waals surface area contributed by atoms with Gasteiger partial charge in [-0.25, -0.2) is 0 Å². The predicted octanol–water partition coefficient (Wildman–Crippen LogP) is 3.35. The Morgan fingerprint density at radius 3 is 2.58 bits per heavy atom. The van der Waals surface area contributed by atoms with Crippen LogP contribution in [0.1, 0.15) is 46.0 Å². The van der Waals surface area contributed by atoms with Crippen LogP contribution in [0.3, 0.4) is 0 Å². The van der Waals surface area contributed by atoms with Gasteiger partial charge in [-0.15, -0.1) is 0 Å². The minimum atomic E-state index is -0.469. The molecule has 1 unspecified atom stereocenters. The number of rotatable bonds is 6. The van der Waals surface area contributed by atoms with Crippen molar-refractivity contribution in [2.45, 2.75) is 46.0 Å². The summed E-state index contributed by atoms with van der Waals surface area (Å²) in [6.07, 6.45) is 6.28. The van der Waals surface area contributed by atoms with E-state index in [4.69, 9.17) is 11.1 Å². The zero-order valence-electron chi connectivity index (χ0n) is 11.8. The van der Waals surface area contributed by atoms with Gasteiger partial charge in [0.15, 0.2) is 5.91 Å². The van der Waals surface area contributed by atoms with Gasteiger partial charge >= 0.3 is 0 Å². The normalized spacial score (nSPS) is 21.6. The summed E-state index contributed by atoms with van der Waals surface area (Å²) >= 11 is 0. The number of unbranched alkanes of at least 4 members (excludes halogenated alkanes) is 1. The summed E-state index contributed by atoms with van der Waals surface area (Å²) < 4.78 is 0. The molecule has 1 heterocycles. The SMILES string of the molecule is CCCCC(C)CN1C(=O)C2(CC2)C(C=N)=C1[NH-].[Y]. The first kappa shape index (κ1) is 16.8. The second-order valence-electron chi connectivity index (χ2n) is 5.65. The van der Waals surface area contributed by atoms with E-state index in [1.165, 1.54) is 12.6 Å². The first-order chi connectivity index (χ1) is 8.56. The van der Waals surface area contributed by atoms with Gasteiger partial charge in [-0.05, 0) is 30.9 Å². The van der Waals surface area contributed by atoms with E-state index in [-0.39, 0.29) is 44.4 Å². The van der Waals surface area contributed by atoms with Crippen LogP contribution in [-0.2, 0) is 37.5 Å². The zero-order chi connectivity index (χ0) is 13.3. The molecule has 1 fully saturated rings. The molecule has 1 atom stereocenters. The van der Waals surface area contributed by atoms with Gasteiger partial charge in [0.1, 0.15) is 0 Å². The smallest absolute Gasteiger partial charge is 0.158 e. The first-order valence-electron chi connectivity index (χ1n) is 6.85. The Balaban J connectivity index is 0.00000180. The van der Waals surface area contributed by atoms with E-state index in [1.807, 2.05) is 0 Å². The second kappa shape index (κ2) is 6.49. The van der Waals surface area contributed by atoms with Gasteiger partial charge < -0.3 is 16.0 Å². The molecule has 4 nitrogen and oxygen atoms in total. The largest absolute Gasteiger partial charge is 0.482 e. The maximum Gasteiger partial charge on any atom is 0.158 e. The molecule has 1 aliphatic heterocycles. The van der Waals surface area contributed by atoms with Crippen molar-refractivity contribution in [3.05, 3.63) is 17.1 Å². The van der Waals surface area contributed by atoms with Crippen LogP contribution in [0.15, 0.2) is 11.4 Å². The molecule has 2 N–H and O–H groups in total. The molecule has 1 spiro atoms. The Labute approximate surface area is 140 Å². The number of carbonyl (C=O) groups excluding carboxylic acids is 1. The summed E-state index contributed by atoms with van der Waals surface area (Å²) in [6, 6.07) is 0. The van der Waals surface area contributed by atoms with Crippen molar-refractivity contribution in [3.8, 4) is 0 Å². The topological polar surface area (TPSA) is 68.0 Å². The maximum atomic E-state index is 12.3. The fourth-order valence-electron chi connectivity index (χ4n) is 2.79. The van der Waals surface area contributed by atoms with E-state index in [0.717, 1.165) is 25.7 Å². The third kappa shape index (κ3) is 2.95. The van der Waals surface area contributed by atoms with Crippen LogP contribution in [0.4, 0.5) is 0 Å². The standard InChI is InChI=1S/C14H22N3O.Y/c1-3-4-5-10(2)9-17-12(16)11(8-15)14(6-7-14)13(17)18;/h8,10H,3-7,9H2,1-2H3,(H2-,15,16);/q-1;. The molecule has 0 saturated heterocycles. The molecular weight excluding hydrogens is 315 g/mol. The van der Waals surface area contributed by atoms with Crippen LogP contribution in [0.5, 0.6) is 0 Å². The molecule has 5 heteroatoms. The average Bonchev–Trinajstić information content (AvgIpc) is 3.11. The van der Waals surface area contributed by atoms with Crippen molar-refractivity contribution < 1.29 is 37.5 Å². The molecule has 0 aromatic heterocycles. The Morgan fingerprint density at radius 1 is 1.53 bits per heavy atom. The Bertz CT molecular complexity index is 401. The minimum absolute atomic E-state index is 0. The summed E-state index contributed by atoms with van der Waals surface area (Å²) in [4.78, 5) is 13.9. The monoisotopic (exact) mass is 337 g/mol. The molecular formula is C14H22N3OY-. The third-order valence-corrected chi connectivity index (χ3v) is 4.13. The number of hydrogen-bond acceptors (Lipinski definition) is 2. The summed E-state index contributed by atoms with van der Waals surface area (Å²) in [5.41, 5.74) is 8.24. The van der Waals surface area contributed by atoms with Crippen LogP contribution in [0, 0.1) is 16.7 Å². The molecule has 103 valence electrons. The quantitative estimate of drug-likeness (QED) is 0.742. The molecule has 0 aromatic carbocycles. The summed E-state index contributed by atoms with van der Waals surface area (Å²) in [7, 11) is 0. The fraction of sp³-hybridized carbons (Fsp3) is 0.714. The maximum absolute atomic E-state index is 12.3. The Kier molecular flexibility index (Phi) is 5.75. The van der Waals surface area contributed by atoms with E-state index in [1.54, 1.807) is 4.90 Å². The molecule has 19 heavy (non-hydrogen) atoms. The third-order valence-electron chi connectivity index (χ3n) is 4.13. The van der Waals surface area contributed by atoms with Crippen LogP contribution in [0.2, 0.25) is 0 Å². The summed E-state index contributed by atoms with van der Waals surface area (Å²) in [6.45, 7) is 4.94. The molecule has 1 aliphatic carbocycles. The first-order valence-corrected chi connectivity index (χ1v) is 6.85. The van der Waals surface area contributed by atoms with Crippen molar-refractivity contribution >= 4 is 12.1 Å². The number of nitrogens with zero attached hydrogens (tertiary/aromatic N) is 1. The molecule has 2 rings (SSSR count). The van der Waals surface area contributed by atoms with Gasteiger partial charge in [0.05, 0.1) is 5.41 Å². The van der Waals surface area contributed by atoms with Crippen LogP contribution < -0.4 is 0 Å². The van der Waals surface area contributed by atoms with Gasteiger partial charge in [-0.2, -0.15) is 0 Å². The van der Waals surface area contributed by atoms with Crippen molar-refractivity contribution in [1.82, 2.24) is 4.90 Å². The average molecular weight is 337 g/mol. The van der Waals surface area contributed by atoms with Gasteiger partial charge in [-0.3, -0.25) is 4.79 Å². The number of nitrogens with one attached hydrogen (secondary N) is 2. The van der Waals surface area contributed by atoms with Crippen LogP contribution in [0.25, 0.3) is 5.73 Å². The summed E-state index contributed by atoms with van der Waals surface area (Å²) in [5.74, 6) is 0.764. The van der Waals surface area contributed by atoms with Crippen molar-refractivity contribution in [2.75, 3.05) is 6.54 Å². The van der Waals surface area contributed by atoms with Gasteiger partial charge in [0.2, 0.25) is 0 Å². The zero-order valence-corrected chi connectivity index (χ0v) is 14.7. The van der Waals surface area contributed by atoms with Crippen molar-refractivity contribution in [1.29, 1.82) is 5.41 Å². The van der Waals surface area contributed by atoms with E-state index in [2.05, 4.69) is 13.8 Å². The van der Waals surface area contributed by atoms with E-state index < -0.39 is 5.41 Å². The van der Waals surface area contributed by atoms with Gasteiger partial charge in [0.25, 0.3) is 0 Å². The molecule has 1 saturated carbocycles. The van der Waals surface area contributed by atoms with Crippen LogP contribution >= 0.6 is 0 Å². The predicted molar refractivity (Wildman–Crippen MR) is 72.2 cm³/mol. The Morgan fingerprint density at radius 2 is 2.16 bits per heavy atom. The summed E-state index contributed by atoms with van der Waals surface area (Å²) in [5, 5.41) is 7.42. The number of hydrogen-bond donors (Lipinski definition) is 1. The fourth-order valence-corrected chi connectivity index (χ4v) is 2.79. The van der Waals surface area contributed by atoms with E-state index >= 15 is 0 Å². The number of amides is 1. The molecule has 0 bridgehead atoms. The molecule has 0 aromatic rings. The van der Waals surface area contributed by atoms with E-state index in [9.17, 15) is 4.79 Å². The molecule has 2 aliphatic rings. The Hall–Kier alpha value is -0.216. The second-order valence-corrected chi connectivity index (χ2v) is 5.65. The molecule has 1 radical (unpaired) electrons. The van der Waals surface area contributed by atoms with Gasteiger partial charge in [-0.1, -0.05) is 38.9 Å². The molecule has 1 amide bonds. The van der Waals surface area contributed by atoms with Crippen molar-refractivity contribution in [3.63, 3.8) is 0 Å². The number of carbonyl (C=O) groups is 1. The van der Waals surface area contributed by atoms with E-state index in [0.29, 0.717) is 18.0 Å². The minimum Gasteiger partial charge on any atom is -0.482 e.